The average Bonchev–Trinajstić information content (AvgIpc) is 3.15. The highest BCUT2D eigenvalue weighted by Gasteiger charge is 2.30. The van der Waals surface area contributed by atoms with E-state index in [-0.39, 0.29) is 24.3 Å². The highest BCUT2D eigenvalue weighted by Crippen LogP contribution is 2.30. The molecule has 1 unspecified atom stereocenters. The zero-order valence-electron chi connectivity index (χ0n) is 14.7. The van der Waals surface area contributed by atoms with Crippen LogP contribution in [0.15, 0.2) is 28.9 Å². The molecule has 3 heterocycles. The number of thioether (sulfide) groups is 1. The monoisotopic (exact) mass is 398 g/mol. The summed E-state index contributed by atoms with van der Waals surface area (Å²) in [4.78, 5) is 14.8. The van der Waals surface area contributed by atoms with E-state index in [4.69, 9.17) is 4.42 Å². The van der Waals surface area contributed by atoms with Crippen molar-refractivity contribution in [3.63, 3.8) is 0 Å². The summed E-state index contributed by atoms with van der Waals surface area (Å²) in [6.07, 6.45) is 5.71. The second-order valence-corrected chi connectivity index (χ2v) is 9.23. The van der Waals surface area contributed by atoms with Gasteiger partial charge in [-0.05, 0) is 24.3 Å². The molecule has 26 heavy (non-hydrogen) atoms. The molecule has 1 aliphatic heterocycles. The highest BCUT2D eigenvalue weighted by atomic mass is 32.2. The number of amides is 1. The van der Waals surface area contributed by atoms with Crippen molar-refractivity contribution in [1.82, 2.24) is 19.4 Å². The van der Waals surface area contributed by atoms with Crippen molar-refractivity contribution in [3.05, 3.63) is 41.6 Å². The molecular formula is C16H22N4O4S2. The fraction of sp³-hybridized carbons (Fsp3) is 0.500. The Morgan fingerprint density at radius 3 is 2.96 bits per heavy atom. The van der Waals surface area contributed by atoms with E-state index in [2.05, 4.69) is 9.82 Å². The first kappa shape index (κ1) is 19.0. The standard InChI is InChI=1S/C16H22N4O4S2/c1-19-10-12(8-17-19)14-11-25-7-3-6-20(14)16(21)15-5-4-13(24-15)9-18-26(2,22)23/h4-5,8,10,14,18H,3,6-7,9,11H2,1-2H3. The number of aromatic nitrogens is 2. The SMILES string of the molecule is Cn1cc(C2CSCCCN2C(=O)c2ccc(CNS(C)(=O)=O)o2)cn1. The fourth-order valence-corrected chi connectivity index (χ4v) is 4.34. The third kappa shape index (κ3) is 4.68. The Labute approximate surface area is 157 Å². The van der Waals surface area contributed by atoms with Crippen molar-refractivity contribution >= 4 is 27.7 Å². The minimum absolute atomic E-state index is 0.0218. The molecule has 0 aliphatic carbocycles. The van der Waals surface area contributed by atoms with Gasteiger partial charge in [0.2, 0.25) is 10.0 Å². The Bertz CT molecular complexity index is 874. The number of hydrogen-bond donors (Lipinski definition) is 1. The van der Waals surface area contributed by atoms with E-state index in [0.29, 0.717) is 12.3 Å². The summed E-state index contributed by atoms with van der Waals surface area (Å²) in [7, 11) is -1.46. The predicted molar refractivity (Wildman–Crippen MR) is 99.3 cm³/mol. The molecule has 0 saturated carbocycles. The molecule has 1 atom stereocenters. The summed E-state index contributed by atoms with van der Waals surface area (Å²) in [6.45, 7) is 0.664. The molecule has 1 saturated heterocycles. The van der Waals surface area contributed by atoms with Crippen LogP contribution in [0.2, 0.25) is 0 Å². The first-order chi connectivity index (χ1) is 12.3. The lowest BCUT2D eigenvalue weighted by molar-refractivity contribution is 0.0664. The number of rotatable bonds is 5. The number of sulfonamides is 1. The fourth-order valence-electron chi connectivity index (χ4n) is 2.84. The first-order valence-electron chi connectivity index (χ1n) is 8.24. The molecule has 10 heteroatoms. The molecule has 0 radical (unpaired) electrons. The Balaban J connectivity index is 1.78. The van der Waals surface area contributed by atoms with Gasteiger partial charge in [0.05, 0.1) is 25.0 Å². The van der Waals surface area contributed by atoms with E-state index in [0.717, 1.165) is 29.7 Å². The van der Waals surface area contributed by atoms with Crippen LogP contribution in [-0.4, -0.2) is 53.3 Å². The maximum absolute atomic E-state index is 13.0. The second kappa shape index (κ2) is 7.85. The number of nitrogens with one attached hydrogen (secondary N) is 1. The molecule has 1 aliphatic rings. The summed E-state index contributed by atoms with van der Waals surface area (Å²) < 4.78 is 32.1. The molecule has 3 rings (SSSR count). The van der Waals surface area contributed by atoms with Gasteiger partial charge >= 0.3 is 0 Å². The number of hydrogen-bond acceptors (Lipinski definition) is 6. The van der Waals surface area contributed by atoms with Crippen LogP contribution in [0.25, 0.3) is 0 Å². The molecule has 1 N–H and O–H groups in total. The van der Waals surface area contributed by atoms with Crippen LogP contribution in [0.1, 0.15) is 34.3 Å². The lowest BCUT2D eigenvalue weighted by atomic mass is 10.1. The van der Waals surface area contributed by atoms with Crippen LogP contribution in [0.4, 0.5) is 0 Å². The van der Waals surface area contributed by atoms with Crippen molar-refractivity contribution < 1.29 is 17.6 Å². The van der Waals surface area contributed by atoms with Crippen LogP contribution >= 0.6 is 11.8 Å². The van der Waals surface area contributed by atoms with Crippen molar-refractivity contribution in [2.75, 3.05) is 24.3 Å². The average molecular weight is 399 g/mol. The largest absolute Gasteiger partial charge is 0.455 e. The van der Waals surface area contributed by atoms with Gasteiger partial charge in [0.25, 0.3) is 5.91 Å². The third-order valence-electron chi connectivity index (χ3n) is 4.09. The molecular weight excluding hydrogens is 376 g/mol. The lowest BCUT2D eigenvalue weighted by Gasteiger charge is -2.28. The quantitative estimate of drug-likeness (QED) is 0.817. The minimum Gasteiger partial charge on any atom is -0.455 e. The molecule has 0 aromatic carbocycles. The van der Waals surface area contributed by atoms with Crippen LogP contribution < -0.4 is 4.72 Å². The summed E-state index contributed by atoms with van der Waals surface area (Å²) >= 11 is 1.82. The number of nitrogens with zero attached hydrogens (tertiary/aromatic N) is 3. The van der Waals surface area contributed by atoms with Gasteiger partial charge in [0.15, 0.2) is 5.76 Å². The van der Waals surface area contributed by atoms with Gasteiger partial charge in [-0.25, -0.2) is 13.1 Å². The topological polar surface area (TPSA) is 97.4 Å². The Hall–Kier alpha value is -1.78. The number of furan rings is 1. The van der Waals surface area contributed by atoms with Gasteiger partial charge in [-0.3, -0.25) is 9.48 Å². The van der Waals surface area contributed by atoms with Gasteiger partial charge in [0, 0.05) is 31.1 Å². The third-order valence-corrected chi connectivity index (χ3v) is 5.89. The summed E-state index contributed by atoms with van der Waals surface area (Å²) in [5.74, 6) is 2.24. The van der Waals surface area contributed by atoms with E-state index in [1.165, 1.54) is 0 Å². The summed E-state index contributed by atoms with van der Waals surface area (Å²) in [5, 5.41) is 4.22. The molecule has 1 amide bonds. The molecule has 0 bridgehead atoms. The first-order valence-corrected chi connectivity index (χ1v) is 11.3. The second-order valence-electron chi connectivity index (χ2n) is 6.25. The van der Waals surface area contributed by atoms with Gasteiger partial charge < -0.3 is 9.32 Å². The number of aryl methyl sites for hydroxylation is 1. The molecule has 1 fully saturated rings. The maximum Gasteiger partial charge on any atom is 0.290 e. The van der Waals surface area contributed by atoms with E-state index in [1.54, 1.807) is 23.0 Å². The van der Waals surface area contributed by atoms with Gasteiger partial charge in [-0.1, -0.05) is 0 Å². The van der Waals surface area contributed by atoms with Crippen molar-refractivity contribution in [2.24, 2.45) is 7.05 Å². The van der Waals surface area contributed by atoms with Crippen LogP contribution in [0.3, 0.4) is 0 Å². The Kier molecular flexibility index (Phi) is 5.73. The number of carbonyl (C=O) groups excluding carboxylic acids is 1. The number of carbonyl (C=O) groups is 1. The van der Waals surface area contributed by atoms with Gasteiger partial charge in [0.1, 0.15) is 5.76 Å². The summed E-state index contributed by atoms with van der Waals surface area (Å²) in [5.41, 5.74) is 1.00. The normalized spacial score (nSPS) is 18.7. The zero-order valence-corrected chi connectivity index (χ0v) is 16.3. The zero-order chi connectivity index (χ0) is 18.7. The minimum atomic E-state index is -3.32. The smallest absolute Gasteiger partial charge is 0.290 e. The van der Waals surface area contributed by atoms with Crippen molar-refractivity contribution in [1.29, 1.82) is 0 Å². The molecule has 0 spiro atoms. The molecule has 2 aromatic heterocycles. The Morgan fingerprint density at radius 1 is 1.46 bits per heavy atom. The Morgan fingerprint density at radius 2 is 2.27 bits per heavy atom. The molecule has 8 nitrogen and oxygen atoms in total. The van der Waals surface area contributed by atoms with Gasteiger partial charge in [-0.15, -0.1) is 0 Å². The van der Waals surface area contributed by atoms with Crippen LogP contribution in [0, 0.1) is 0 Å². The molecule has 2 aromatic rings. The van der Waals surface area contributed by atoms with E-state index in [1.807, 2.05) is 29.9 Å². The van der Waals surface area contributed by atoms with Crippen molar-refractivity contribution in [2.45, 2.75) is 19.0 Å². The van der Waals surface area contributed by atoms with Gasteiger partial charge in [-0.2, -0.15) is 16.9 Å². The van der Waals surface area contributed by atoms with Crippen LogP contribution in [-0.2, 0) is 23.6 Å². The molecule has 142 valence electrons. The van der Waals surface area contributed by atoms with E-state index < -0.39 is 10.0 Å². The predicted octanol–water partition coefficient (Wildman–Crippen LogP) is 1.38. The maximum atomic E-state index is 13.0. The van der Waals surface area contributed by atoms with Crippen LogP contribution in [0.5, 0.6) is 0 Å². The summed E-state index contributed by atoms with van der Waals surface area (Å²) in [6, 6.07) is 3.16. The van der Waals surface area contributed by atoms with Crippen molar-refractivity contribution in [3.8, 4) is 0 Å². The van der Waals surface area contributed by atoms with E-state index >= 15 is 0 Å². The van der Waals surface area contributed by atoms with E-state index in [9.17, 15) is 13.2 Å². The lowest BCUT2D eigenvalue weighted by Crippen LogP contribution is -2.35. The highest BCUT2D eigenvalue weighted by molar-refractivity contribution is 7.99.